The summed E-state index contributed by atoms with van der Waals surface area (Å²) >= 11 is 5.77. The van der Waals surface area contributed by atoms with Crippen LogP contribution in [0.15, 0.2) is 35.2 Å². The van der Waals surface area contributed by atoms with Crippen LogP contribution < -0.4 is 14.2 Å². The highest BCUT2D eigenvalue weighted by Gasteiger charge is 2.33. The molecule has 2 heterocycles. The van der Waals surface area contributed by atoms with Gasteiger partial charge < -0.3 is 9.47 Å². The van der Waals surface area contributed by atoms with Gasteiger partial charge in [-0.3, -0.25) is 9.62 Å². The first-order chi connectivity index (χ1) is 13.9. The molecule has 2 aliphatic rings. The van der Waals surface area contributed by atoms with Crippen molar-refractivity contribution in [1.82, 2.24) is 4.90 Å². The summed E-state index contributed by atoms with van der Waals surface area (Å²) in [7, 11) is -2.41. The highest BCUT2D eigenvalue weighted by Crippen LogP contribution is 2.40. The average molecular weight is 441 g/mol. The molecule has 2 aliphatic heterocycles. The van der Waals surface area contributed by atoms with Crippen LogP contribution in [0.25, 0.3) is 0 Å². The third-order valence-corrected chi connectivity index (χ3v) is 7.07. The van der Waals surface area contributed by atoms with Crippen LogP contribution in [-0.4, -0.2) is 46.2 Å². The number of hydrogen-bond acceptors (Lipinski definition) is 5. The van der Waals surface area contributed by atoms with Crippen molar-refractivity contribution in [1.29, 1.82) is 0 Å². The van der Waals surface area contributed by atoms with Gasteiger partial charge in [-0.25, -0.2) is 12.8 Å². The molecule has 0 spiro atoms. The number of nitrogens with zero attached hydrogens (tertiary/aromatic N) is 1. The number of likely N-dealkylation sites (tertiary alicyclic amines) is 1. The van der Waals surface area contributed by atoms with E-state index in [2.05, 4.69) is 9.62 Å². The second-order valence-electron chi connectivity index (χ2n) is 7.22. The van der Waals surface area contributed by atoms with Crippen molar-refractivity contribution in [2.24, 2.45) is 0 Å². The number of ether oxygens (including phenoxy) is 2. The minimum Gasteiger partial charge on any atom is -0.496 e. The van der Waals surface area contributed by atoms with Crippen molar-refractivity contribution in [2.45, 2.75) is 30.2 Å². The third kappa shape index (κ3) is 4.01. The maximum absolute atomic E-state index is 13.4. The van der Waals surface area contributed by atoms with E-state index < -0.39 is 15.8 Å². The van der Waals surface area contributed by atoms with Crippen LogP contribution in [-0.2, 0) is 16.4 Å². The number of nitrogens with one attached hydrogen (secondary N) is 1. The SMILES string of the molecule is COc1ccc(S(=O)(=O)Nc2ccc(F)c(Cl)c2)c2c1CC(N1CCCC1)CO2. The Morgan fingerprint density at radius 1 is 1.24 bits per heavy atom. The van der Waals surface area contributed by atoms with Crippen LogP contribution >= 0.6 is 11.6 Å². The molecule has 9 heteroatoms. The second-order valence-corrected chi connectivity index (χ2v) is 9.28. The normalized spacial score (nSPS) is 19.5. The van der Waals surface area contributed by atoms with E-state index in [1.165, 1.54) is 31.0 Å². The monoisotopic (exact) mass is 440 g/mol. The number of methoxy groups -OCH3 is 1. The summed E-state index contributed by atoms with van der Waals surface area (Å²) in [5.41, 5.74) is 0.919. The van der Waals surface area contributed by atoms with Crippen molar-refractivity contribution >= 4 is 27.3 Å². The Hall–Kier alpha value is -2.03. The first-order valence-corrected chi connectivity index (χ1v) is 11.3. The van der Waals surface area contributed by atoms with Crippen LogP contribution in [0.4, 0.5) is 10.1 Å². The molecule has 1 atom stereocenters. The highest BCUT2D eigenvalue weighted by atomic mass is 35.5. The van der Waals surface area contributed by atoms with E-state index in [1.807, 2.05) is 0 Å². The van der Waals surface area contributed by atoms with Gasteiger partial charge in [0.2, 0.25) is 0 Å². The Kier molecular flexibility index (Phi) is 5.59. The molecule has 0 bridgehead atoms. The van der Waals surface area contributed by atoms with E-state index in [0.29, 0.717) is 24.5 Å². The van der Waals surface area contributed by atoms with E-state index in [1.54, 1.807) is 13.2 Å². The van der Waals surface area contributed by atoms with Gasteiger partial charge in [-0.15, -0.1) is 0 Å². The Balaban J connectivity index is 1.67. The number of fused-ring (bicyclic) bond motifs is 1. The summed E-state index contributed by atoms with van der Waals surface area (Å²) in [4.78, 5) is 2.40. The lowest BCUT2D eigenvalue weighted by atomic mass is 10.0. The predicted molar refractivity (Wildman–Crippen MR) is 109 cm³/mol. The summed E-state index contributed by atoms with van der Waals surface area (Å²) in [5.74, 6) is 0.293. The van der Waals surface area contributed by atoms with Gasteiger partial charge in [-0.1, -0.05) is 11.6 Å². The van der Waals surface area contributed by atoms with E-state index in [9.17, 15) is 12.8 Å². The molecule has 0 aliphatic carbocycles. The van der Waals surface area contributed by atoms with Crippen LogP contribution in [0, 0.1) is 5.82 Å². The minimum absolute atomic E-state index is 0.0219. The molecule has 1 N–H and O–H groups in total. The van der Waals surface area contributed by atoms with Crippen molar-refractivity contribution in [3.63, 3.8) is 0 Å². The van der Waals surface area contributed by atoms with Gasteiger partial charge in [0.15, 0.2) is 0 Å². The molecule has 0 aromatic heterocycles. The lowest BCUT2D eigenvalue weighted by molar-refractivity contribution is 0.137. The summed E-state index contributed by atoms with van der Waals surface area (Å²) in [6.07, 6.45) is 2.99. The predicted octanol–water partition coefficient (Wildman–Crippen LogP) is 3.69. The number of benzene rings is 2. The van der Waals surface area contributed by atoms with Gasteiger partial charge in [0, 0.05) is 11.6 Å². The molecule has 156 valence electrons. The fourth-order valence-electron chi connectivity index (χ4n) is 3.93. The minimum atomic E-state index is -3.97. The van der Waals surface area contributed by atoms with Gasteiger partial charge in [0.05, 0.1) is 17.8 Å². The largest absolute Gasteiger partial charge is 0.496 e. The van der Waals surface area contributed by atoms with E-state index >= 15 is 0 Å². The lowest BCUT2D eigenvalue weighted by Gasteiger charge is -2.33. The number of hydrogen-bond donors (Lipinski definition) is 1. The molecule has 0 saturated carbocycles. The molecular weight excluding hydrogens is 419 g/mol. The van der Waals surface area contributed by atoms with Crippen molar-refractivity contribution in [2.75, 3.05) is 31.5 Å². The maximum Gasteiger partial charge on any atom is 0.265 e. The number of sulfonamides is 1. The molecule has 2 aromatic rings. The molecule has 29 heavy (non-hydrogen) atoms. The van der Waals surface area contributed by atoms with Crippen molar-refractivity contribution in [3.05, 3.63) is 46.7 Å². The lowest BCUT2D eigenvalue weighted by Crippen LogP contribution is -2.41. The topological polar surface area (TPSA) is 67.9 Å². The zero-order chi connectivity index (χ0) is 20.6. The van der Waals surface area contributed by atoms with E-state index in [4.69, 9.17) is 21.1 Å². The summed E-state index contributed by atoms with van der Waals surface area (Å²) in [6.45, 7) is 2.47. The Morgan fingerprint density at radius 2 is 2.00 bits per heavy atom. The van der Waals surface area contributed by atoms with E-state index in [-0.39, 0.29) is 21.6 Å². The quantitative estimate of drug-likeness (QED) is 0.768. The van der Waals surface area contributed by atoms with Crippen LogP contribution in [0.5, 0.6) is 11.5 Å². The van der Waals surface area contributed by atoms with Gasteiger partial charge in [-0.2, -0.15) is 0 Å². The number of halogens is 2. The molecule has 1 saturated heterocycles. The van der Waals surface area contributed by atoms with Crippen LogP contribution in [0.1, 0.15) is 18.4 Å². The van der Waals surface area contributed by atoms with E-state index in [0.717, 1.165) is 24.7 Å². The highest BCUT2D eigenvalue weighted by molar-refractivity contribution is 7.92. The molecule has 1 unspecified atom stereocenters. The first-order valence-electron chi connectivity index (χ1n) is 9.43. The fourth-order valence-corrected chi connectivity index (χ4v) is 5.33. The molecule has 1 fully saturated rings. The van der Waals surface area contributed by atoms with Gasteiger partial charge >= 0.3 is 0 Å². The molecule has 0 radical (unpaired) electrons. The Morgan fingerprint density at radius 3 is 2.69 bits per heavy atom. The summed E-state index contributed by atoms with van der Waals surface area (Å²) in [5, 5.41) is -0.160. The Labute approximate surface area is 174 Å². The molecule has 4 rings (SSSR count). The number of anilines is 1. The zero-order valence-electron chi connectivity index (χ0n) is 16.0. The second kappa shape index (κ2) is 8.01. The Bertz CT molecular complexity index is 1030. The summed E-state index contributed by atoms with van der Waals surface area (Å²) in [6, 6.07) is 6.96. The van der Waals surface area contributed by atoms with Gasteiger partial charge in [0.1, 0.15) is 28.8 Å². The molecule has 2 aromatic carbocycles. The smallest absolute Gasteiger partial charge is 0.265 e. The summed E-state index contributed by atoms with van der Waals surface area (Å²) < 4.78 is 53.3. The zero-order valence-corrected chi connectivity index (χ0v) is 17.5. The van der Waals surface area contributed by atoms with Gasteiger partial charge in [0.25, 0.3) is 10.0 Å². The van der Waals surface area contributed by atoms with Crippen molar-refractivity contribution < 1.29 is 22.3 Å². The fraction of sp³-hybridized carbons (Fsp3) is 0.400. The molecule has 0 amide bonds. The van der Waals surface area contributed by atoms with Crippen molar-refractivity contribution in [3.8, 4) is 11.5 Å². The van der Waals surface area contributed by atoms with Gasteiger partial charge in [-0.05, 0) is 62.7 Å². The molecular formula is C20H22ClFN2O4S. The molecule has 6 nitrogen and oxygen atoms in total. The number of rotatable bonds is 5. The first kappa shape index (κ1) is 20.3. The average Bonchev–Trinajstić information content (AvgIpc) is 3.24. The third-order valence-electron chi connectivity index (χ3n) is 5.38. The van der Waals surface area contributed by atoms with Crippen LogP contribution in [0.2, 0.25) is 5.02 Å². The maximum atomic E-state index is 13.4. The van der Waals surface area contributed by atoms with Crippen LogP contribution in [0.3, 0.4) is 0 Å². The standard InChI is InChI=1S/C20H22ClFN2O4S/c1-27-18-6-7-19(29(25,26)23-13-4-5-17(22)16(21)10-13)20-15(18)11-14(12-28-20)24-8-2-3-9-24/h4-7,10,14,23H,2-3,8-9,11-12H2,1H3.